The molecule has 0 aromatic heterocycles. The van der Waals surface area contributed by atoms with Crippen LogP contribution in [0.5, 0.6) is 0 Å². The summed E-state index contributed by atoms with van der Waals surface area (Å²) in [5.41, 5.74) is 0. The van der Waals surface area contributed by atoms with Gasteiger partial charge in [-0.25, -0.2) is 4.79 Å². The number of amides is 2. The summed E-state index contributed by atoms with van der Waals surface area (Å²) in [6.45, 7) is 3.41. The number of nitrogens with one attached hydrogen (secondary N) is 2. The number of esters is 1. The maximum atomic E-state index is 11.9. The van der Waals surface area contributed by atoms with Crippen LogP contribution in [-0.2, 0) is 23.9 Å². The van der Waals surface area contributed by atoms with E-state index in [1.54, 1.807) is 6.92 Å². The molecular formula is C13H20N2O6. The van der Waals surface area contributed by atoms with Crippen LogP contribution in [0.3, 0.4) is 0 Å². The minimum absolute atomic E-state index is 0.0689. The second-order valence-electron chi connectivity index (χ2n) is 4.95. The molecule has 1 heterocycles. The molecular weight excluding hydrogens is 280 g/mol. The number of carboxylic acid groups (broad SMARTS) is 1. The molecule has 21 heavy (non-hydrogen) atoms. The van der Waals surface area contributed by atoms with Gasteiger partial charge in [-0.3, -0.25) is 14.4 Å². The highest BCUT2D eigenvalue weighted by atomic mass is 16.5. The highest BCUT2D eigenvalue weighted by Gasteiger charge is 2.32. The summed E-state index contributed by atoms with van der Waals surface area (Å²) in [4.78, 5) is 45.6. The largest absolute Gasteiger partial charge is 0.480 e. The predicted octanol–water partition coefficient (Wildman–Crippen LogP) is -0.576. The molecule has 2 amide bonds. The Bertz CT molecular complexity index is 436. The van der Waals surface area contributed by atoms with Gasteiger partial charge >= 0.3 is 11.9 Å². The number of aliphatic carboxylic acids is 1. The Labute approximate surface area is 122 Å². The molecule has 1 rings (SSSR count). The fraction of sp³-hybridized carbons (Fsp3) is 0.692. The molecule has 0 aromatic rings. The Morgan fingerprint density at radius 3 is 2.62 bits per heavy atom. The van der Waals surface area contributed by atoms with E-state index in [0.717, 1.165) is 0 Å². The number of hydrogen-bond acceptors (Lipinski definition) is 5. The van der Waals surface area contributed by atoms with Crippen LogP contribution in [0.1, 0.15) is 33.1 Å². The Kier molecular flexibility index (Phi) is 6.13. The molecule has 8 heteroatoms. The fourth-order valence-corrected chi connectivity index (χ4v) is 2.04. The normalized spacial score (nSPS) is 20.3. The van der Waals surface area contributed by atoms with Crippen molar-refractivity contribution in [3.63, 3.8) is 0 Å². The van der Waals surface area contributed by atoms with Crippen LogP contribution in [0.4, 0.5) is 0 Å². The number of carbonyl (C=O) groups is 4. The van der Waals surface area contributed by atoms with Gasteiger partial charge in [0.2, 0.25) is 11.8 Å². The molecule has 0 unspecified atom stereocenters. The second kappa shape index (κ2) is 7.61. The summed E-state index contributed by atoms with van der Waals surface area (Å²) < 4.78 is 4.80. The topological polar surface area (TPSA) is 122 Å². The van der Waals surface area contributed by atoms with Crippen molar-refractivity contribution in [2.75, 3.05) is 6.61 Å². The monoisotopic (exact) mass is 300 g/mol. The third-order valence-electron chi connectivity index (χ3n) is 3.20. The van der Waals surface area contributed by atoms with Crippen molar-refractivity contribution in [3.8, 4) is 0 Å². The van der Waals surface area contributed by atoms with Gasteiger partial charge in [-0.05, 0) is 19.8 Å². The van der Waals surface area contributed by atoms with Crippen molar-refractivity contribution < 1.29 is 29.0 Å². The molecule has 118 valence electrons. The van der Waals surface area contributed by atoms with Crippen molar-refractivity contribution in [1.29, 1.82) is 0 Å². The van der Waals surface area contributed by atoms with E-state index in [2.05, 4.69) is 10.6 Å². The van der Waals surface area contributed by atoms with Crippen LogP contribution in [0.15, 0.2) is 0 Å². The Balaban J connectivity index is 2.57. The standard InChI is InChI=1S/C13H20N2O6/c1-3-21-13(20)7(2)6-9(12(18)19)15-11(17)8-4-5-10(16)14-8/h7-9H,3-6H2,1-2H3,(H,14,16)(H,15,17)(H,18,19)/t7-,8-,9+/m1/s1. The average molecular weight is 300 g/mol. The number of carboxylic acids is 1. The van der Waals surface area contributed by atoms with Crippen LogP contribution in [0.25, 0.3) is 0 Å². The van der Waals surface area contributed by atoms with Gasteiger partial charge in [-0.15, -0.1) is 0 Å². The van der Waals surface area contributed by atoms with Crippen LogP contribution < -0.4 is 10.6 Å². The van der Waals surface area contributed by atoms with Crippen LogP contribution >= 0.6 is 0 Å². The molecule has 0 radical (unpaired) electrons. The Morgan fingerprint density at radius 2 is 2.14 bits per heavy atom. The van der Waals surface area contributed by atoms with Gasteiger partial charge in [0.25, 0.3) is 0 Å². The van der Waals surface area contributed by atoms with Gasteiger partial charge in [-0.1, -0.05) is 6.92 Å². The van der Waals surface area contributed by atoms with E-state index in [9.17, 15) is 19.2 Å². The first-order chi connectivity index (χ1) is 9.85. The fourth-order valence-electron chi connectivity index (χ4n) is 2.04. The molecule has 0 spiro atoms. The second-order valence-corrected chi connectivity index (χ2v) is 4.95. The lowest BCUT2D eigenvalue weighted by Crippen LogP contribution is -2.49. The molecule has 0 bridgehead atoms. The average Bonchev–Trinajstić information content (AvgIpc) is 2.84. The minimum Gasteiger partial charge on any atom is -0.480 e. The van der Waals surface area contributed by atoms with Crippen molar-refractivity contribution in [1.82, 2.24) is 10.6 Å². The highest BCUT2D eigenvalue weighted by molar-refractivity contribution is 5.92. The Morgan fingerprint density at radius 1 is 1.48 bits per heavy atom. The quantitative estimate of drug-likeness (QED) is 0.541. The number of hydrogen-bond donors (Lipinski definition) is 3. The first kappa shape index (κ1) is 16.9. The van der Waals surface area contributed by atoms with Crippen molar-refractivity contribution in [3.05, 3.63) is 0 Å². The Hall–Kier alpha value is -2.12. The zero-order valence-corrected chi connectivity index (χ0v) is 12.0. The van der Waals surface area contributed by atoms with E-state index in [0.29, 0.717) is 6.42 Å². The van der Waals surface area contributed by atoms with E-state index in [1.165, 1.54) is 6.92 Å². The molecule has 1 saturated heterocycles. The molecule has 3 atom stereocenters. The molecule has 1 fully saturated rings. The van der Waals surface area contributed by atoms with E-state index in [-0.39, 0.29) is 25.4 Å². The summed E-state index contributed by atoms with van der Waals surface area (Å²) in [6, 6.07) is -1.91. The lowest BCUT2D eigenvalue weighted by atomic mass is 10.0. The molecule has 1 aliphatic rings. The summed E-state index contributed by atoms with van der Waals surface area (Å²) in [5.74, 6) is -3.17. The summed E-state index contributed by atoms with van der Waals surface area (Å²) in [5, 5.41) is 13.9. The summed E-state index contributed by atoms with van der Waals surface area (Å²) >= 11 is 0. The number of rotatable bonds is 7. The zero-order chi connectivity index (χ0) is 16.0. The molecule has 0 aromatic carbocycles. The zero-order valence-electron chi connectivity index (χ0n) is 12.0. The first-order valence-corrected chi connectivity index (χ1v) is 6.84. The van der Waals surface area contributed by atoms with Gasteiger partial charge in [0.1, 0.15) is 12.1 Å². The van der Waals surface area contributed by atoms with Crippen LogP contribution in [-0.4, -0.2) is 47.6 Å². The highest BCUT2D eigenvalue weighted by Crippen LogP contribution is 2.11. The maximum Gasteiger partial charge on any atom is 0.326 e. The maximum absolute atomic E-state index is 11.9. The van der Waals surface area contributed by atoms with E-state index < -0.39 is 35.8 Å². The van der Waals surface area contributed by atoms with Crippen molar-refractivity contribution in [2.24, 2.45) is 5.92 Å². The predicted molar refractivity (Wildman–Crippen MR) is 71.1 cm³/mol. The number of ether oxygens (including phenoxy) is 1. The van der Waals surface area contributed by atoms with Gasteiger partial charge in [0.15, 0.2) is 0 Å². The minimum atomic E-state index is -1.23. The lowest BCUT2D eigenvalue weighted by molar-refractivity contribution is -0.149. The third-order valence-corrected chi connectivity index (χ3v) is 3.20. The third kappa shape index (κ3) is 5.05. The SMILES string of the molecule is CCOC(=O)[C@H](C)C[C@H](NC(=O)[C@H]1CCC(=O)N1)C(=O)O. The van der Waals surface area contributed by atoms with Crippen molar-refractivity contribution in [2.45, 2.75) is 45.2 Å². The number of carbonyl (C=O) groups excluding carboxylic acids is 3. The van der Waals surface area contributed by atoms with Gasteiger partial charge in [-0.2, -0.15) is 0 Å². The van der Waals surface area contributed by atoms with E-state index in [4.69, 9.17) is 9.84 Å². The van der Waals surface area contributed by atoms with Gasteiger partial charge in [0, 0.05) is 6.42 Å². The molecule has 1 aliphatic heterocycles. The summed E-state index contributed by atoms with van der Waals surface area (Å²) in [7, 11) is 0. The summed E-state index contributed by atoms with van der Waals surface area (Å²) in [6.07, 6.45) is 0.514. The molecule has 3 N–H and O–H groups in total. The van der Waals surface area contributed by atoms with E-state index in [1.807, 2.05) is 0 Å². The van der Waals surface area contributed by atoms with Gasteiger partial charge in [0.05, 0.1) is 12.5 Å². The van der Waals surface area contributed by atoms with Crippen molar-refractivity contribution >= 4 is 23.8 Å². The van der Waals surface area contributed by atoms with Crippen LogP contribution in [0.2, 0.25) is 0 Å². The molecule has 8 nitrogen and oxygen atoms in total. The lowest BCUT2D eigenvalue weighted by Gasteiger charge is -2.19. The first-order valence-electron chi connectivity index (χ1n) is 6.84. The molecule has 0 aliphatic carbocycles. The van der Waals surface area contributed by atoms with Gasteiger partial charge < -0.3 is 20.5 Å². The molecule has 0 saturated carbocycles. The van der Waals surface area contributed by atoms with Crippen LogP contribution in [0, 0.1) is 5.92 Å². The van der Waals surface area contributed by atoms with E-state index >= 15 is 0 Å². The smallest absolute Gasteiger partial charge is 0.326 e.